The normalized spacial score (nSPS) is 13.5. The third-order valence-electron chi connectivity index (χ3n) is 1.93. The maximum atomic E-state index is 10.7. The summed E-state index contributed by atoms with van der Waals surface area (Å²) >= 11 is 0. The lowest BCUT2D eigenvalue weighted by atomic mass is 10.3. The molecule has 0 rings (SSSR count). The van der Waals surface area contributed by atoms with Crippen molar-refractivity contribution in [3.05, 3.63) is 0 Å². The van der Waals surface area contributed by atoms with Gasteiger partial charge in [0, 0.05) is 0 Å². The first kappa shape index (κ1) is 13.3. The van der Waals surface area contributed by atoms with E-state index in [4.69, 9.17) is 10.8 Å². The van der Waals surface area contributed by atoms with Crippen LogP contribution >= 0.6 is 0 Å². The third kappa shape index (κ3) is 3.05. The Morgan fingerprint density at radius 3 is 2.09 bits per heavy atom. The first-order chi connectivity index (χ1) is 4.42. The number of halogens is 1. The van der Waals surface area contributed by atoms with Gasteiger partial charge >= 0.3 is 6.03 Å². The van der Waals surface area contributed by atoms with E-state index in [1.807, 2.05) is 0 Å². The van der Waals surface area contributed by atoms with E-state index in [2.05, 4.69) is 0 Å². The number of quaternary nitrogens is 1. The molecule has 1 unspecified atom stereocenters. The molecule has 0 aliphatic carbocycles. The lowest BCUT2D eigenvalue weighted by Crippen LogP contribution is -3.00. The largest absolute Gasteiger partial charge is 1.00 e. The molecule has 0 saturated carbocycles. The molecule has 0 aromatic rings. The molecule has 5 heteroatoms. The highest BCUT2D eigenvalue weighted by atomic mass is 35.5. The molecule has 1 atom stereocenters. The highest BCUT2D eigenvalue weighted by molar-refractivity contribution is 5.64. The van der Waals surface area contributed by atoms with E-state index in [-0.39, 0.29) is 29.5 Å². The molecule has 68 valence electrons. The van der Waals surface area contributed by atoms with Crippen molar-refractivity contribution in [1.82, 2.24) is 0 Å². The van der Waals surface area contributed by atoms with Crippen LogP contribution in [0.25, 0.3) is 0 Å². The number of urea groups is 1. The number of likely N-dealkylation sites (N-methyl/N-ethyl adjacent to an activating group) is 1. The second kappa shape index (κ2) is 4.54. The molecule has 3 N–H and O–H groups in total. The van der Waals surface area contributed by atoms with Crippen LogP contribution in [0.5, 0.6) is 0 Å². The molecule has 0 fully saturated rings. The summed E-state index contributed by atoms with van der Waals surface area (Å²) in [7, 11) is 3.34. The Balaban J connectivity index is 0. The Kier molecular flexibility index (Phi) is 5.48. The highest BCUT2D eigenvalue weighted by Crippen LogP contribution is 2.03. The van der Waals surface area contributed by atoms with E-state index in [0.717, 1.165) is 0 Å². The standard InChI is InChI=1S/C6H14N2O2.ClH/c1-5(4-9)8(2,3)6(7)10;/h5,9H,4H2,1-3H3,(H-,7,10);1H. The number of nitrogens with two attached hydrogens (primary N) is 1. The Morgan fingerprint density at radius 2 is 2.00 bits per heavy atom. The second-order valence-corrected chi connectivity index (χ2v) is 2.91. The van der Waals surface area contributed by atoms with Gasteiger partial charge in [-0.05, 0) is 6.92 Å². The van der Waals surface area contributed by atoms with E-state index >= 15 is 0 Å². The molecule has 0 aliphatic heterocycles. The van der Waals surface area contributed by atoms with Gasteiger partial charge in [0.15, 0.2) is 0 Å². The molecular weight excluding hydrogens is 168 g/mol. The molecule has 2 amide bonds. The Labute approximate surface area is 73.0 Å². The van der Waals surface area contributed by atoms with E-state index in [1.54, 1.807) is 21.0 Å². The highest BCUT2D eigenvalue weighted by Gasteiger charge is 2.29. The van der Waals surface area contributed by atoms with Crippen LogP contribution in [0.2, 0.25) is 0 Å². The quantitative estimate of drug-likeness (QED) is 0.436. The zero-order chi connectivity index (χ0) is 8.36. The van der Waals surface area contributed by atoms with Crippen LogP contribution in [0.15, 0.2) is 0 Å². The average molecular weight is 183 g/mol. The van der Waals surface area contributed by atoms with Crippen LogP contribution in [-0.2, 0) is 0 Å². The van der Waals surface area contributed by atoms with Gasteiger partial charge in [-0.15, -0.1) is 0 Å². The van der Waals surface area contributed by atoms with Crippen molar-refractivity contribution in [2.75, 3.05) is 20.7 Å². The van der Waals surface area contributed by atoms with Gasteiger partial charge in [-0.3, -0.25) is 0 Å². The van der Waals surface area contributed by atoms with Crippen LogP contribution in [0.3, 0.4) is 0 Å². The fraction of sp³-hybridized carbons (Fsp3) is 0.833. The van der Waals surface area contributed by atoms with Gasteiger partial charge in [0.05, 0.1) is 20.7 Å². The maximum absolute atomic E-state index is 10.7. The molecule has 0 bridgehead atoms. The summed E-state index contributed by atoms with van der Waals surface area (Å²) < 4.78 is 0.0243. The molecule has 0 aromatic carbocycles. The number of hydrogen-bond acceptors (Lipinski definition) is 2. The second-order valence-electron chi connectivity index (χ2n) is 2.91. The number of hydrogen-bond donors (Lipinski definition) is 2. The van der Waals surface area contributed by atoms with Crippen LogP contribution < -0.4 is 18.1 Å². The van der Waals surface area contributed by atoms with Gasteiger partial charge in [-0.25, -0.2) is 9.28 Å². The van der Waals surface area contributed by atoms with E-state index in [0.29, 0.717) is 0 Å². The summed E-state index contributed by atoms with van der Waals surface area (Å²) in [4.78, 5) is 10.7. The number of aliphatic hydroxyl groups is 1. The number of carbonyl (C=O) groups excluding carboxylic acids is 1. The Hall–Kier alpha value is -0.320. The van der Waals surface area contributed by atoms with Crippen molar-refractivity contribution >= 4 is 6.03 Å². The number of aliphatic hydroxyl groups excluding tert-OH is 1. The molecule has 0 radical (unpaired) electrons. The summed E-state index contributed by atoms with van der Waals surface area (Å²) in [6, 6.07) is -0.570. The van der Waals surface area contributed by atoms with Crippen LogP contribution in [0.1, 0.15) is 6.92 Å². The van der Waals surface area contributed by atoms with Gasteiger partial charge in [0.1, 0.15) is 6.04 Å². The summed E-state index contributed by atoms with van der Waals surface area (Å²) in [6.45, 7) is 1.74. The van der Waals surface area contributed by atoms with Crippen LogP contribution in [0.4, 0.5) is 4.79 Å². The fourth-order valence-electron chi connectivity index (χ4n) is 0.421. The smallest absolute Gasteiger partial charge is 0.413 e. The number of amides is 2. The van der Waals surface area contributed by atoms with Crippen LogP contribution in [-0.4, -0.2) is 42.4 Å². The van der Waals surface area contributed by atoms with Crippen molar-refractivity contribution in [2.24, 2.45) is 5.73 Å². The molecular formula is C6H15ClN2O2. The third-order valence-corrected chi connectivity index (χ3v) is 1.93. The number of carbonyl (C=O) groups is 1. The van der Waals surface area contributed by atoms with E-state index in [1.165, 1.54) is 0 Å². The van der Waals surface area contributed by atoms with E-state index in [9.17, 15) is 4.79 Å². The monoisotopic (exact) mass is 182 g/mol. The van der Waals surface area contributed by atoms with Crippen LogP contribution in [0, 0.1) is 0 Å². The lowest BCUT2D eigenvalue weighted by Gasteiger charge is -2.29. The van der Waals surface area contributed by atoms with Gasteiger partial charge in [0.25, 0.3) is 0 Å². The van der Waals surface area contributed by atoms with Crippen molar-refractivity contribution < 1.29 is 26.8 Å². The lowest BCUT2D eigenvalue weighted by molar-refractivity contribution is -0.833. The minimum Gasteiger partial charge on any atom is -1.00 e. The zero-order valence-corrected chi connectivity index (χ0v) is 7.80. The molecule has 0 heterocycles. The predicted octanol–water partition coefficient (Wildman–Crippen LogP) is -3.47. The van der Waals surface area contributed by atoms with Crippen molar-refractivity contribution in [3.8, 4) is 0 Å². The fourth-order valence-corrected chi connectivity index (χ4v) is 0.421. The molecule has 4 nitrogen and oxygen atoms in total. The summed E-state index contributed by atoms with van der Waals surface area (Å²) in [5, 5.41) is 8.70. The summed E-state index contributed by atoms with van der Waals surface area (Å²) in [5.41, 5.74) is 5.07. The number of rotatable bonds is 2. The first-order valence-electron chi connectivity index (χ1n) is 3.17. The molecule has 0 saturated heterocycles. The zero-order valence-electron chi connectivity index (χ0n) is 7.04. The first-order valence-corrected chi connectivity index (χ1v) is 3.17. The minimum atomic E-state index is -0.429. The molecule has 0 aliphatic rings. The molecule has 0 spiro atoms. The molecule has 0 aromatic heterocycles. The average Bonchev–Trinajstić information content (AvgIpc) is 1.86. The molecule has 11 heavy (non-hydrogen) atoms. The SMILES string of the molecule is CC(CO)[N+](C)(C)C(N)=O.[Cl-]. The maximum Gasteiger partial charge on any atom is 0.413 e. The van der Waals surface area contributed by atoms with Gasteiger partial charge in [-0.2, -0.15) is 0 Å². The van der Waals surface area contributed by atoms with Crippen molar-refractivity contribution in [1.29, 1.82) is 0 Å². The summed E-state index contributed by atoms with van der Waals surface area (Å²) in [5.74, 6) is 0. The van der Waals surface area contributed by atoms with Gasteiger partial charge in [0.2, 0.25) is 0 Å². The Morgan fingerprint density at radius 1 is 1.64 bits per heavy atom. The summed E-state index contributed by atoms with van der Waals surface area (Å²) in [6.07, 6.45) is 0. The Bertz CT molecular complexity index is 139. The number of primary amides is 1. The topological polar surface area (TPSA) is 63.3 Å². The van der Waals surface area contributed by atoms with Gasteiger partial charge < -0.3 is 23.2 Å². The van der Waals surface area contributed by atoms with Gasteiger partial charge in [-0.1, -0.05) is 0 Å². The number of nitrogens with zero attached hydrogens (tertiary/aromatic N) is 1. The minimum absolute atomic E-state index is 0. The predicted molar refractivity (Wildman–Crippen MR) is 38.2 cm³/mol. The van der Waals surface area contributed by atoms with Crippen molar-refractivity contribution in [2.45, 2.75) is 13.0 Å². The van der Waals surface area contributed by atoms with E-state index < -0.39 is 6.03 Å². The van der Waals surface area contributed by atoms with Crippen molar-refractivity contribution in [3.63, 3.8) is 0 Å².